The minimum Gasteiger partial charge on any atom is -0.455 e. The number of hydrogen-bond donors (Lipinski definition) is 10. The lowest BCUT2D eigenvalue weighted by Gasteiger charge is -2.39. The van der Waals surface area contributed by atoms with Crippen molar-refractivity contribution in [1.82, 2.24) is 92.1 Å². The number of aromatic nitrogens is 3. The summed E-state index contributed by atoms with van der Waals surface area (Å²) in [7, 11) is -5.60. The number of rotatable bonds is 5. The van der Waals surface area contributed by atoms with Gasteiger partial charge in [-0.05, 0) is 203 Å². The monoisotopic (exact) mass is 2040 g/mol. The molecule has 6 aromatic rings. The van der Waals surface area contributed by atoms with Crippen molar-refractivity contribution >= 4 is 162 Å². The molecule has 39 nitrogen and oxygen atoms in total. The summed E-state index contributed by atoms with van der Waals surface area (Å²) in [5, 5.41) is 27.2. The molecule has 0 radical (unpaired) electrons. The summed E-state index contributed by atoms with van der Waals surface area (Å²) in [4.78, 5) is 177. The first-order valence-electron chi connectivity index (χ1n) is 48.4. The van der Waals surface area contributed by atoms with Crippen molar-refractivity contribution in [3.8, 4) is 0 Å². The number of sulfonamides is 2. The Labute approximate surface area is 833 Å². The summed E-state index contributed by atoms with van der Waals surface area (Å²) >= 11 is 0. The van der Waals surface area contributed by atoms with Gasteiger partial charge in [0, 0.05) is 72.7 Å². The van der Waals surface area contributed by atoms with E-state index in [9.17, 15) is 82.8 Å². The first-order valence-corrected chi connectivity index (χ1v) is 54.8. The molecule has 0 saturated carbocycles. The Balaban J connectivity index is 0.000000186. The Bertz CT molecular complexity index is 5950. The molecule has 0 unspecified atom stereocenters. The largest absolute Gasteiger partial charge is 0.455 e. The van der Waals surface area contributed by atoms with Crippen molar-refractivity contribution in [3.05, 3.63) is 143 Å². The van der Waals surface area contributed by atoms with Gasteiger partial charge < -0.3 is 51.4 Å². The van der Waals surface area contributed by atoms with Crippen LogP contribution in [0.5, 0.6) is 0 Å². The lowest BCUT2D eigenvalue weighted by atomic mass is 9.77. The predicted molar refractivity (Wildman–Crippen MR) is 534 cm³/mol. The van der Waals surface area contributed by atoms with Crippen LogP contribution in [0.4, 0.5) is 0 Å². The van der Waals surface area contributed by atoms with Gasteiger partial charge in [-0.25, -0.2) is 65.1 Å². The molecular formula is C99H133ClN18O21S3. The third-order valence-corrected chi connectivity index (χ3v) is 29.9. The third kappa shape index (κ3) is 27.8. The molecule has 0 aliphatic carbocycles. The lowest BCUT2D eigenvalue weighted by molar-refractivity contribution is -0.158. The molecule has 12 heterocycles. The summed E-state index contributed by atoms with van der Waals surface area (Å²) in [6, 6.07) is 20.7. The molecule has 3 spiro atoms. The number of hydrazine groups is 3. The van der Waals surface area contributed by atoms with E-state index in [0.29, 0.717) is 112 Å². The van der Waals surface area contributed by atoms with Crippen LogP contribution in [0.3, 0.4) is 0 Å². The number of fused-ring (bicyclic) bond motifs is 12. The van der Waals surface area contributed by atoms with Crippen molar-refractivity contribution in [2.75, 3.05) is 77.7 Å². The normalized spacial score (nSPS) is 27.0. The first-order chi connectivity index (χ1) is 66.9. The lowest BCUT2D eigenvalue weighted by Crippen LogP contribution is -2.61. The second kappa shape index (κ2) is 46.6. The number of hydrogen-bond acceptors (Lipinski definition) is 28. The third-order valence-electron chi connectivity index (χ3n) is 27.3. The van der Waals surface area contributed by atoms with Crippen molar-refractivity contribution in [3.63, 3.8) is 0 Å². The van der Waals surface area contributed by atoms with E-state index in [2.05, 4.69) is 64.2 Å². The van der Waals surface area contributed by atoms with Crippen LogP contribution in [-0.2, 0) is 101 Å². The van der Waals surface area contributed by atoms with Crippen LogP contribution in [0.25, 0.3) is 50.9 Å². The van der Waals surface area contributed by atoms with Crippen molar-refractivity contribution < 1.29 is 97.0 Å². The van der Waals surface area contributed by atoms with Crippen LogP contribution in [0.15, 0.2) is 109 Å². The standard InChI is InChI=1S/2C33H44N6O7S.C32H42N6O5.CH3ClO2S/c2*1-20(2)28-29(40)34-21(3)30(41)39-16-6-7-26(37-39)31(42)46-22(4)25-11-10-24-9-8-23(19-27(24)35-25)12-13-33(32(43)36-28)14-17-38(18-15-33)47(5,44)45;1-19(2)27-28(39)34-20(3)29(40)38-17-5-6-25(37-38)30(41)43-21(4)24-10-9-23-8-7-22(18-26(23)35-24)11-12-32(31(42)36-27)13-15-33-16-14-32;1-5(2,3)4/h2*8-13,19-22,26,28,37H,6-7,14-18H2,1-5H3,(H,34,40)(H,36,43);7-12,18-21,25,27,33,37H,5-6,13-17H2,1-4H3,(H,34,39)(H,36,42);1H3/b2*13-12+;12-11+;/t2*21-,22+,26-,28-;20-,21+,25-,27-;/m000./s1. The molecule has 3 aromatic carbocycles. The zero-order valence-corrected chi connectivity index (χ0v) is 86.1. The maximum absolute atomic E-state index is 14.1. The topological polar surface area (TPSA) is 510 Å². The summed E-state index contributed by atoms with van der Waals surface area (Å²) < 4.78 is 88.1. The molecule has 43 heteroatoms. The van der Waals surface area contributed by atoms with E-state index in [1.165, 1.54) is 23.6 Å². The molecule has 15 rings (SSSR count). The van der Waals surface area contributed by atoms with Gasteiger partial charge in [0.05, 0.1) is 68.6 Å². The molecule has 6 fully saturated rings. The molecule has 12 atom stereocenters. The summed E-state index contributed by atoms with van der Waals surface area (Å²) in [5.74, 6) is -6.06. The highest BCUT2D eigenvalue weighted by atomic mass is 35.7. The number of ether oxygens (including phenoxy) is 3. The molecule has 10 N–H and O–H groups in total. The number of esters is 3. The second-order valence-electron chi connectivity index (χ2n) is 39.2. The van der Waals surface area contributed by atoms with Crippen LogP contribution in [0.2, 0.25) is 0 Å². The molecule has 9 aliphatic rings. The van der Waals surface area contributed by atoms with Crippen molar-refractivity contribution in [1.29, 1.82) is 0 Å². The Morgan fingerprint density at radius 1 is 0.366 bits per heavy atom. The smallest absolute Gasteiger partial charge is 0.325 e. The fraction of sp³-hybridized carbons (Fsp3) is 0.545. The number of halogens is 1. The quantitative estimate of drug-likeness (QED) is 0.0490. The second-order valence-corrected chi connectivity index (χ2v) is 46.3. The Morgan fingerprint density at radius 3 is 0.873 bits per heavy atom. The highest BCUT2D eigenvalue weighted by Crippen LogP contribution is 2.40. The van der Waals surface area contributed by atoms with Crippen molar-refractivity contribution in [2.24, 2.45) is 34.0 Å². The SMILES string of the molecule is CC(C)[C@@H]1NC(=O)C2(/C=C/c3ccc4ccc(nc4c3)[C@@H](C)OC(=O)[C@@H]3CCCN(N3)C(=O)[C@H](C)NC1=O)CCN(S(C)(=O)=O)CC2.CC(C)[C@@H]1NC(=O)C2(/C=C/c3ccc4ccc(nc4c3)[C@@H](C)OC(=O)[C@@H]3CCCN(N3)C(=O)[C@H](C)NC1=O)CCN(S(C)(=O)=O)CC2.CC(C)[C@@H]1NC(=O)C2(/C=C/c3ccc4ccc(nc4c3)[C@@H](C)OC(=O)[C@@H]3CCCN(N3)C(=O)[C@H](C)NC1=O)CCNCC2.CS(=O)(=O)Cl. The number of pyridine rings is 3. The highest BCUT2D eigenvalue weighted by molar-refractivity contribution is 8.13. The highest BCUT2D eigenvalue weighted by Gasteiger charge is 2.48. The van der Waals surface area contributed by atoms with Crippen LogP contribution >= 0.6 is 10.7 Å². The number of nitrogens with one attached hydrogen (secondary N) is 10. The number of benzene rings is 3. The van der Waals surface area contributed by atoms with Gasteiger partial charge in [0.2, 0.25) is 64.5 Å². The first kappa shape index (κ1) is 109. The number of carbonyl (C=O) groups is 12. The van der Waals surface area contributed by atoms with Crippen LogP contribution in [0, 0.1) is 34.0 Å². The van der Waals surface area contributed by atoms with Gasteiger partial charge in [-0.15, -0.1) is 0 Å². The summed E-state index contributed by atoms with van der Waals surface area (Å²) in [6.45, 7) is 23.9. The number of piperidine rings is 3. The van der Waals surface area contributed by atoms with Gasteiger partial charge in [-0.1, -0.05) is 133 Å². The fourth-order valence-corrected chi connectivity index (χ4v) is 20.2. The number of cyclic esters (lactones) is 3. The molecule has 770 valence electrons. The van der Waals surface area contributed by atoms with Gasteiger partial charge in [0.15, 0.2) is 0 Å². The van der Waals surface area contributed by atoms with Crippen LogP contribution in [0.1, 0.15) is 212 Å². The minimum absolute atomic E-state index is 0.143. The van der Waals surface area contributed by atoms with Gasteiger partial charge >= 0.3 is 17.9 Å². The Morgan fingerprint density at radius 2 is 0.620 bits per heavy atom. The molecule has 142 heavy (non-hydrogen) atoms. The Kier molecular flexibility index (Phi) is 35.9. The van der Waals surface area contributed by atoms with Gasteiger partial charge in [-0.3, -0.25) is 72.6 Å². The van der Waals surface area contributed by atoms with Gasteiger partial charge in [0.1, 0.15) is 72.7 Å². The molecular weight excluding hydrogens is 1910 g/mol. The van der Waals surface area contributed by atoms with Crippen LogP contribution in [-0.4, -0.2) is 267 Å². The van der Waals surface area contributed by atoms with Gasteiger partial charge in [0.25, 0.3) is 17.7 Å². The molecule has 9 aliphatic heterocycles. The van der Waals surface area contributed by atoms with E-state index < -0.39 is 177 Å². The van der Waals surface area contributed by atoms with Gasteiger partial charge in [-0.2, -0.15) is 0 Å². The number of nitrogens with zero attached hydrogens (tertiary/aromatic N) is 8. The number of carbonyl (C=O) groups excluding carboxylic acids is 12. The summed E-state index contributed by atoms with van der Waals surface area (Å²) in [5.41, 5.74) is 12.2. The summed E-state index contributed by atoms with van der Waals surface area (Å²) in [6.07, 6.45) is 17.6. The van der Waals surface area contributed by atoms with E-state index in [4.69, 9.17) is 29.2 Å². The number of amides is 9. The maximum atomic E-state index is 14.1. The van der Waals surface area contributed by atoms with E-state index in [0.717, 1.165) is 57.1 Å². The zero-order chi connectivity index (χ0) is 103. The minimum atomic E-state index is -3.46. The predicted octanol–water partition coefficient (Wildman–Crippen LogP) is 6.66. The van der Waals surface area contributed by atoms with Crippen LogP contribution < -0.4 is 53.5 Å². The van der Waals surface area contributed by atoms with E-state index in [1.807, 2.05) is 117 Å². The average Bonchev–Trinajstić information content (AvgIpc) is 0.801. The fourth-order valence-electron chi connectivity index (χ4n) is 18.5. The molecule has 15 bridgehead atoms. The van der Waals surface area contributed by atoms with E-state index in [1.54, 1.807) is 93.5 Å². The molecule has 6 saturated heterocycles. The maximum Gasteiger partial charge on any atom is 0.325 e. The Hall–Kier alpha value is -11.4. The molecule has 9 amide bonds. The van der Waals surface area contributed by atoms with E-state index in [-0.39, 0.29) is 81.4 Å². The average molecular weight is 2040 g/mol. The van der Waals surface area contributed by atoms with E-state index >= 15 is 0 Å². The van der Waals surface area contributed by atoms with Crippen molar-refractivity contribution in [2.45, 2.75) is 233 Å². The zero-order valence-electron chi connectivity index (χ0n) is 82.9. The molecule has 3 aromatic heterocycles.